The highest BCUT2D eigenvalue weighted by molar-refractivity contribution is 7.00. The molecule has 5 aromatic carbocycles. The van der Waals surface area contributed by atoms with Gasteiger partial charge >= 0.3 is 0 Å². The van der Waals surface area contributed by atoms with Crippen molar-refractivity contribution in [2.45, 2.75) is 174 Å². The highest BCUT2D eigenvalue weighted by Crippen LogP contribution is 2.56. The highest BCUT2D eigenvalue weighted by atomic mass is 15.2. The van der Waals surface area contributed by atoms with Gasteiger partial charge in [-0.3, -0.25) is 0 Å². The van der Waals surface area contributed by atoms with Crippen LogP contribution in [0, 0.1) is 0 Å². The number of rotatable bonds is 1. The largest absolute Gasteiger partial charge is 0.313 e. The van der Waals surface area contributed by atoms with E-state index in [1.54, 1.807) is 5.56 Å². The van der Waals surface area contributed by atoms with Gasteiger partial charge in [-0.25, -0.2) is 0 Å². The van der Waals surface area contributed by atoms with E-state index in [9.17, 15) is 0 Å². The third kappa shape index (κ3) is 5.23. The molecular weight excluding hydrogens is 747 g/mol. The lowest BCUT2D eigenvalue weighted by Gasteiger charge is -2.47. The Bertz CT molecular complexity index is 2960. The summed E-state index contributed by atoms with van der Waals surface area (Å²) in [4.78, 5) is 2.75. The first kappa shape index (κ1) is 40.3. The minimum absolute atomic E-state index is 0.0262. The van der Waals surface area contributed by atoms with Gasteiger partial charge in [-0.1, -0.05) is 153 Å². The molecule has 0 unspecified atom stereocenters. The maximum Gasteiger partial charge on any atom is 0.252 e. The molecule has 5 aliphatic rings. The molecule has 1 aromatic heterocycles. The monoisotopic (exact) mass is 817 g/mol. The fourth-order valence-electron chi connectivity index (χ4n) is 12.9. The van der Waals surface area contributed by atoms with Gasteiger partial charge in [-0.15, -0.1) is 0 Å². The van der Waals surface area contributed by atoms with Gasteiger partial charge in [0.1, 0.15) is 0 Å². The van der Waals surface area contributed by atoms with Gasteiger partial charge in [0.2, 0.25) is 0 Å². The second-order valence-corrected chi connectivity index (χ2v) is 25.6. The number of fused-ring (bicyclic) bond motifs is 11. The summed E-state index contributed by atoms with van der Waals surface area (Å²) >= 11 is 0. The summed E-state index contributed by atoms with van der Waals surface area (Å²) in [5.41, 5.74) is 25.9. The van der Waals surface area contributed by atoms with Crippen molar-refractivity contribution < 1.29 is 0 Å². The molecule has 3 heteroatoms. The minimum atomic E-state index is -0.181. The quantitative estimate of drug-likeness (QED) is 0.150. The molecule has 62 heavy (non-hydrogen) atoms. The maximum absolute atomic E-state index is 2.78. The lowest BCUT2D eigenvalue weighted by Crippen LogP contribution is -2.61. The van der Waals surface area contributed by atoms with Crippen LogP contribution < -0.4 is 21.3 Å². The van der Waals surface area contributed by atoms with Crippen LogP contribution in [0.2, 0.25) is 0 Å². The predicted molar refractivity (Wildman–Crippen MR) is 268 cm³/mol. The van der Waals surface area contributed by atoms with Crippen LogP contribution in [0.1, 0.15) is 181 Å². The Kier molecular flexibility index (Phi) is 7.79. The molecule has 0 saturated heterocycles. The fraction of sp³-hybridized carbons (Fsp3) is 0.458. The third-order valence-electron chi connectivity index (χ3n) is 17.2. The summed E-state index contributed by atoms with van der Waals surface area (Å²) < 4.78 is 2.78. The van der Waals surface area contributed by atoms with Crippen molar-refractivity contribution in [3.05, 3.63) is 124 Å². The fourth-order valence-corrected chi connectivity index (χ4v) is 12.9. The number of nitrogens with zero attached hydrogens (tertiary/aromatic N) is 2. The van der Waals surface area contributed by atoms with Crippen molar-refractivity contribution >= 4 is 51.1 Å². The number of benzene rings is 5. The van der Waals surface area contributed by atoms with Crippen molar-refractivity contribution in [1.82, 2.24) is 4.57 Å². The van der Waals surface area contributed by atoms with Crippen molar-refractivity contribution in [2.75, 3.05) is 4.90 Å². The second-order valence-electron chi connectivity index (χ2n) is 25.6. The molecule has 0 atom stereocenters. The molecule has 0 N–H and O–H groups in total. The minimum Gasteiger partial charge on any atom is -0.313 e. The van der Waals surface area contributed by atoms with Crippen LogP contribution in [0.25, 0.3) is 27.7 Å². The Hall–Kier alpha value is -4.50. The zero-order chi connectivity index (χ0) is 44.2. The summed E-state index contributed by atoms with van der Waals surface area (Å²) in [6.07, 6.45) is 4.79. The summed E-state index contributed by atoms with van der Waals surface area (Å²) in [7, 11) is 0. The second kappa shape index (κ2) is 12.0. The molecule has 3 heterocycles. The zero-order valence-corrected chi connectivity index (χ0v) is 40.8. The van der Waals surface area contributed by atoms with Crippen molar-refractivity contribution in [3.8, 4) is 16.8 Å². The average molecular weight is 817 g/mol. The Morgan fingerprint density at radius 2 is 1.05 bits per heavy atom. The molecule has 11 rings (SSSR count). The van der Waals surface area contributed by atoms with Crippen molar-refractivity contribution in [2.24, 2.45) is 0 Å². The zero-order valence-electron chi connectivity index (χ0n) is 40.8. The normalized spacial score (nSPS) is 20.3. The molecule has 2 aliphatic heterocycles. The molecule has 0 saturated carbocycles. The summed E-state index contributed by atoms with van der Waals surface area (Å²) in [5, 5.41) is 1.41. The van der Waals surface area contributed by atoms with E-state index in [1.165, 1.54) is 126 Å². The molecule has 6 aromatic rings. The Labute approximate surface area is 373 Å². The van der Waals surface area contributed by atoms with E-state index in [4.69, 9.17) is 0 Å². The summed E-state index contributed by atoms with van der Waals surface area (Å²) in [5.74, 6) is 0. The van der Waals surface area contributed by atoms with E-state index in [2.05, 4.69) is 199 Å². The van der Waals surface area contributed by atoms with Gasteiger partial charge in [0.15, 0.2) is 0 Å². The first-order chi connectivity index (χ1) is 28.7. The lowest BCUT2D eigenvalue weighted by atomic mass is 9.33. The topological polar surface area (TPSA) is 8.17 Å². The van der Waals surface area contributed by atoms with Crippen molar-refractivity contribution in [3.63, 3.8) is 0 Å². The van der Waals surface area contributed by atoms with Crippen LogP contribution in [0.5, 0.6) is 0 Å². The van der Waals surface area contributed by atoms with Crippen LogP contribution >= 0.6 is 0 Å². The number of hydrogen-bond donors (Lipinski definition) is 0. The molecule has 0 fully saturated rings. The predicted octanol–water partition coefficient (Wildman–Crippen LogP) is 13.8. The van der Waals surface area contributed by atoms with E-state index in [0.29, 0.717) is 0 Å². The first-order valence-electron chi connectivity index (χ1n) is 23.9. The van der Waals surface area contributed by atoms with E-state index in [-0.39, 0.29) is 44.6 Å². The van der Waals surface area contributed by atoms with Crippen LogP contribution in [-0.2, 0) is 37.9 Å². The van der Waals surface area contributed by atoms with Crippen LogP contribution in [0.4, 0.5) is 17.1 Å². The highest BCUT2D eigenvalue weighted by Gasteiger charge is 2.50. The molecule has 0 radical (unpaired) electrons. The molecule has 0 bridgehead atoms. The molecule has 0 amide bonds. The average Bonchev–Trinajstić information content (AvgIpc) is 3.66. The number of aromatic nitrogens is 1. The SMILES string of the molecule is CC(C)(C)c1cc2c3c(c1)-n1c4c(c5cc(C(C)(C)C)cc(c51)B3c1cc3c(cc1N2c1ccc2c(c1)C(C)(C)CCC2(C)C)C(C)(C)CCC3(C)C)-c1ccccc1C4(C)C. The standard InChI is InChI=1S/C59H69BN2/c1-53(2,3)34-27-38-49-37-19-17-18-20-39(37)59(15,16)52(49)62-48-30-35(54(4,5)6)29-47-50(48)60(45(28-34)51(38)62)44-32-42-43(58(13,14)26-25-57(42,11)12)33-46(44)61(47)36-21-22-40-41(31-36)56(9,10)24-23-55(40,7)8/h17-22,27-33H,23-26H2,1-16H3. The van der Waals surface area contributed by atoms with Crippen LogP contribution in [0.15, 0.2) is 78.9 Å². The smallest absolute Gasteiger partial charge is 0.252 e. The van der Waals surface area contributed by atoms with Gasteiger partial charge in [-0.2, -0.15) is 0 Å². The van der Waals surface area contributed by atoms with E-state index < -0.39 is 0 Å². The molecule has 2 nitrogen and oxygen atoms in total. The van der Waals surface area contributed by atoms with Crippen LogP contribution in [-0.4, -0.2) is 11.3 Å². The maximum atomic E-state index is 2.78. The van der Waals surface area contributed by atoms with Gasteiger partial charge in [0, 0.05) is 50.3 Å². The van der Waals surface area contributed by atoms with E-state index in [1.807, 2.05) is 0 Å². The van der Waals surface area contributed by atoms with Gasteiger partial charge in [0.25, 0.3) is 6.71 Å². The Morgan fingerprint density at radius 3 is 1.68 bits per heavy atom. The first-order valence-corrected chi connectivity index (χ1v) is 23.9. The van der Waals surface area contributed by atoms with E-state index in [0.717, 1.165) is 0 Å². The summed E-state index contributed by atoms with van der Waals surface area (Å²) in [6, 6.07) is 32.7. The van der Waals surface area contributed by atoms with Crippen molar-refractivity contribution in [1.29, 1.82) is 0 Å². The van der Waals surface area contributed by atoms with E-state index >= 15 is 0 Å². The Morgan fingerprint density at radius 1 is 0.500 bits per heavy atom. The number of anilines is 3. The van der Waals surface area contributed by atoms with Gasteiger partial charge < -0.3 is 9.47 Å². The Balaban J connectivity index is 1.34. The van der Waals surface area contributed by atoms with Gasteiger partial charge in [-0.05, 0) is 155 Å². The number of hydrogen-bond acceptors (Lipinski definition) is 1. The summed E-state index contributed by atoms with van der Waals surface area (Å²) in [6.45, 7) is 39.4. The lowest BCUT2D eigenvalue weighted by molar-refractivity contribution is 0.332. The molecule has 318 valence electrons. The molecule has 0 spiro atoms. The van der Waals surface area contributed by atoms with Crippen LogP contribution in [0.3, 0.4) is 0 Å². The third-order valence-corrected chi connectivity index (χ3v) is 17.2. The van der Waals surface area contributed by atoms with Gasteiger partial charge in [0.05, 0.1) is 0 Å². The molecular formula is C59H69BN2. The molecule has 3 aliphatic carbocycles.